The number of allylic oxidation sites excluding steroid dienone is 1. The van der Waals surface area contributed by atoms with Crippen LogP contribution in [0.1, 0.15) is 12.5 Å². The van der Waals surface area contributed by atoms with E-state index in [2.05, 4.69) is 13.2 Å². The largest absolute Gasteiger partial charge is 0.281 e. The molecule has 1 aromatic carbocycles. The molecular formula is C12H11NO. The minimum Gasteiger partial charge on any atom is -0.281 e. The second kappa shape index (κ2) is 2.84. The Morgan fingerprint density at radius 1 is 1.36 bits per heavy atom. The number of amides is 1. The van der Waals surface area contributed by atoms with Crippen molar-refractivity contribution < 1.29 is 4.79 Å². The molecule has 0 unspecified atom stereocenters. The van der Waals surface area contributed by atoms with Crippen molar-refractivity contribution in [3.05, 3.63) is 48.7 Å². The molecule has 1 aromatic rings. The Kier molecular flexibility index (Phi) is 1.78. The summed E-state index contributed by atoms with van der Waals surface area (Å²) in [5.41, 5.74) is 3.06. The maximum Gasteiger partial charge on any atom is 0.262 e. The molecule has 1 aliphatic heterocycles. The first kappa shape index (κ1) is 8.75. The van der Waals surface area contributed by atoms with Gasteiger partial charge in [-0.05, 0) is 13.0 Å². The number of fused-ring (bicyclic) bond motifs is 1. The fourth-order valence-corrected chi connectivity index (χ4v) is 1.66. The van der Waals surface area contributed by atoms with E-state index in [1.165, 1.54) is 0 Å². The van der Waals surface area contributed by atoms with Crippen molar-refractivity contribution >= 4 is 17.2 Å². The summed E-state index contributed by atoms with van der Waals surface area (Å²) in [7, 11) is 0. The lowest BCUT2D eigenvalue weighted by molar-refractivity contribution is -0.112. The van der Waals surface area contributed by atoms with Crippen LogP contribution in [0.25, 0.3) is 5.57 Å². The number of benzene rings is 1. The van der Waals surface area contributed by atoms with Gasteiger partial charge >= 0.3 is 0 Å². The van der Waals surface area contributed by atoms with Crippen LogP contribution in [0, 0.1) is 0 Å². The van der Waals surface area contributed by atoms with Crippen LogP contribution in [-0.2, 0) is 4.79 Å². The summed E-state index contributed by atoms with van der Waals surface area (Å²) >= 11 is 0. The number of hydrogen-bond acceptors (Lipinski definition) is 1. The van der Waals surface area contributed by atoms with Gasteiger partial charge in [0.2, 0.25) is 0 Å². The summed E-state index contributed by atoms with van der Waals surface area (Å²) in [6.45, 7) is 9.37. The Labute approximate surface area is 83.2 Å². The molecular weight excluding hydrogens is 174 g/mol. The zero-order valence-electron chi connectivity index (χ0n) is 8.08. The van der Waals surface area contributed by atoms with Crippen LogP contribution in [0.3, 0.4) is 0 Å². The van der Waals surface area contributed by atoms with Crippen LogP contribution < -0.4 is 4.90 Å². The summed E-state index contributed by atoms with van der Waals surface area (Å²) in [5, 5.41) is 0. The fraction of sp³-hybridized carbons (Fsp3) is 0.0833. The smallest absolute Gasteiger partial charge is 0.262 e. The lowest BCUT2D eigenvalue weighted by Gasteiger charge is -2.15. The zero-order valence-corrected chi connectivity index (χ0v) is 8.08. The third kappa shape index (κ3) is 1.01. The Morgan fingerprint density at radius 3 is 2.64 bits per heavy atom. The van der Waals surface area contributed by atoms with Crippen molar-refractivity contribution in [2.45, 2.75) is 6.92 Å². The molecule has 2 rings (SSSR count). The van der Waals surface area contributed by atoms with E-state index in [4.69, 9.17) is 0 Å². The highest BCUT2D eigenvalue weighted by Gasteiger charge is 2.30. The van der Waals surface area contributed by atoms with Crippen LogP contribution in [0.15, 0.2) is 43.1 Å². The molecule has 0 saturated carbocycles. The predicted octanol–water partition coefficient (Wildman–Crippen LogP) is 2.58. The molecule has 0 atom stereocenters. The van der Waals surface area contributed by atoms with Gasteiger partial charge in [-0.2, -0.15) is 0 Å². The van der Waals surface area contributed by atoms with E-state index in [-0.39, 0.29) is 5.91 Å². The van der Waals surface area contributed by atoms with Crippen LogP contribution in [0.2, 0.25) is 0 Å². The van der Waals surface area contributed by atoms with Gasteiger partial charge in [0.1, 0.15) is 0 Å². The predicted molar refractivity (Wildman–Crippen MR) is 57.8 cm³/mol. The number of rotatable bonds is 1. The number of carbonyl (C=O) groups is 1. The minimum atomic E-state index is -0.0706. The molecule has 1 aliphatic rings. The number of para-hydroxylation sites is 1. The third-order valence-corrected chi connectivity index (χ3v) is 2.31. The van der Waals surface area contributed by atoms with E-state index in [0.29, 0.717) is 5.57 Å². The Balaban J connectivity index is 2.64. The average Bonchev–Trinajstić information content (AvgIpc) is 2.41. The highest BCUT2D eigenvalue weighted by atomic mass is 16.2. The molecule has 1 amide bonds. The summed E-state index contributed by atoms with van der Waals surface area (Å²) in [6.07, 6.45) is 0. The molecule has 0 bridgehead atoms. The normalized spacial score (nSPS) is 14.5. The topological polar surface area (TPSA) is 20.3 Å². The summed E-state index contributed by atoms with van der Waals surface area (Å²) < 4.78 is 0. The summed E-state index contributed by atoms with van der Waals surface area (Å²) in [6, 6.07) is 7.61. The average molecular weight is 185 g/mol. The van der Waals surface area contributed by atoms with E-state index >= 15 is 0 Å². The molecule has 0 saturated heterocycles. The molecule has 14 heavy (non-hydrogen) atoms. The van der Waals surface area contributed by atoms with Crippen LogP contribution in [0.4, 0.5) is 5.69 Å². The Hall–Kier alpha value is -1.83. The first-order valence-corrected chi connectivity index (χ1v) is 4.41. The lowest BCUT2D eigenvalue weighted by atomic mass is 10.1. The van der Waals surface area contributed by atoms with Crippen LogP contribution in [0.5, 0.6) is 0 Å². The van der Waals surface area contributed by atoms with Crippen molar-refractivity contribution in [2.75, 3.05) is 4.90 Å². The molecule has 0 radical (unpaired) electrons. The molecule has 2 heteroatoms. The molecule has 0 N–H and O–H groups in total. The zero-order chi connectivity index (χ0) is 10.3. The van der Waals surface area contributed by atoms with Gasteiger partial charge in [-0.1, -0.05) is 31.4 Å². The quantitative estimate of drug-likeness (QED) is 0.616. The van der Waals surface area contributed by atoms with Crippen LogP contribution >= 0.6 is 0 Å². The van der Waals surface area contributed by atoms with Crippen molar-refractivity contribution in [3.63, 3.8) is 0 Å². The standard InChI is InChI=1S/C12H11NO/c1-8(2)13-11-7-5-4-6-10(11)9(3)12(13)14/h4-7H,1,3H2,2H3. The van der Waals surface area contributed by atoms with Gasteiger partial charge in [0.05, 0.1) is 5.69 Å². The van der Waals surface area contributed by atoms with Crippen molar-refractivity contribution in [2.24, 2.45) is 0 Å². The second-order valence-corrected chi connectivity index (χ2v) is 3.37. The van der Waals surface area contributed by atoms with Gasteiger partial charge in [-0.25, -0.2) is 0 Å². The molecule has 0 aliphatic carbocycles. The Morgan fingerprint density at radius 2 is 2.00 bits per heavy atom. The van der Waals surface area contributed by atoms with Crippen molar-refractivity contribution in [3.8, 4) is 0 Å². The molecule has 1 heterocycles. The van der Waals surface area contributed by atoms with Gasteiger partial charge in [0.15, 0.2) is 0 Å². The van der Waals surface area contributed by atoms with Crippen molar-refractivity contribution in [1.82, 2.24) is 0 Å². The molecule has 0 spiro atoms. The Bertz CT molecular complexity index is 445. The molecule has 0 fully saturated rings. The highest BCUT2D eigenvalue weighted by Crippen LogP contribution is 2.37. The second-order valence-electron chi connectivity index (χ2n) is 3.37. The third-order valence-electron chi connectivity index (χ3n) is 2.31. The molecule has 70 valence electrons. The van der Waals surface area contributed by atoms with Crippen molar-refractivity contribution in [1.29, 1.82) is 0 Å². The number of anilines is 1. The SMILES string of the molecule is C=C1C(=O)N(C(=C)C)c2ccccc21. The minimum absolute atomic E-state index is 0.0706. The molecule has 0 aromatic heterocycles. The van der Waals surface area contributed by atoms with E-state index in [9.17, 15) is 4.79 Å². The highest BCUT2D eigenvalue weighted by molar-refractivity contribution is 6.33. The van der Waals surface area contributed by atoms with E-state index < -0.39 is 0 Å². The van der Waals surface area contributed by atoms with E-state index in [0.717, 1.165) is 16.9 Å². The first-order valence-electron chi connectivity index (χ1n) is 4.41. The summed E-state index contributed by atoms with van der Waals surface area (Å²) in [5.74, 6) is -0.0706. The van der Waals surface area contributed by atoms with Gasteiger partial charge in [0.25, 0.3) is 5.91 Å². The first-order chi connectivity index (χ1) is 6.63. The van der Waals surface area contributed by atoms with E-state index in [1.807, 2.05) is 31.2 Å². The lowest BCUT2D eigenvalue weighted by Crippen LogP contribution is -2.23. The van der Waals surface area contributed by atoms with Gasteiger partial charge < -0.3 is 0 Å². The summed E-state index contributed by atoms with van der Waals surface area (Å²) in [4.78, 5) is 13.4. The molecule has 2 nitrogen and oxygen atoms in total. The van der Waals surface area contributed by atoms with Gasteiger partial charge in [0, 0.05) is 16.8 Å². The maximum absolute atomic E-state index is 11.8. The number of nitrogens with zero attached hydrogens (tertiary/aromatic N) is 1. The number of carbonyl (C=O) groups excluding carboxylic acids is 1. The maximum atomic E-state index is 11.8. The van der Waals surface area contributed by atoms with Gasteiger partial charge in [-0.15, -0.1) is 0 Å². The van der Waals surface area contributed by atoms with Crippen LogP contribution in [-0.4, -0.2) is 5.91 Å². The fourth-order valence-electron chi connectivity index (χ4n) is 1.66. The number of hydrogen-bond donors (Lipinski definition) is 0. The monoisotopic (exact) mass is 185 g/mol. The van der Waals surface area contributed by atoms with Gasteiger partial charge in [-0.3, -0.25) is 9.69 Å². The van der Waals surface area contributed by atoms with E-state index in [1.54, 1.807) is 4.90 Å².